The first kappa shape index (κ1) is 15.3. The molecule has 0 radical (unpaired) electrons. The van der Waals surface area contributed by atoms with Crippen LogP contribution in [-0.2, 0) is 9.59 Å². The van der Waals surface area contributed by atoms with E-state index in [9.17, 15) is 9.59 Å². The lowest BCUT2D eigenvalue weighted by atomic mass is 10.2. The lowest BCUT2D eigenvalue weighted by molar-refractivity contribution is -0.118. The number of benzene rings is 1. The van der Waals surface area contributed by atoms with Gasteiger partial charge in [0.1, 0.15) is 0 Å². The Kier molecular flexibility index (Phi) is 4.39. The van der Waals surface area contributed by atoms with Crippen LogP contribution in [0.5, 0.6) is 0 Å². The monoisotopic (exact) mass is 358 g/mol. The number of amides is 2. The Bertz CT molecular complexity index is 555. The highest BCUT2D eigenvalue weighted by atomic mass is 79.9. The summed E-state index contributed by atoms with van der Waals surface area (Å²) in [4.78, 5) is 25.3. The molecule has 4 nitrogen and oxygen atoms in total. The van der Waals surface area contributed by atoms with E-state index in [1.165, 1.54) is 0 Å². The highest BCUT2D eigenvalue weighted by Crippen LogP contribution is 2.32. The second-order valence-corrected chi connectivity index (χ2v) is 7.63. The molecule has 1 aromatic carbocycles. The van der Waals surface area contributed by atoms with Gasteiger partial charge in [0.05, 0.1) is 15.0 Å². The van der Waals surface area contributed by atoms with E-state index in [1.807, 2.05) is 0 Å². The summed E-state index contributed by atoms with van der Waals surface area (Å²) in [5.41, 5.74) is 1.31. The molecular weight excluding hydrogens is 344 g/mol. The maximum Gasteiger partial charge on any atom is 0.240 e. The van der Waals surface area contributed by atoms with Gasteiger partial charge < -0.3 is 10.2 Å². The number of carbonyl (C=O) groups is 2. The van der Waals surface area contributed by atoms with E-state index in [0.717, 1.165) is 6.42 Å². The molecule has 0 atom stereocenters. The van der Waals surface area contributed by atoms with Gasteiger partial charge in [-0.2, -0.15) is 0 Å². The quantitative estimate of drug-likeness (QED) is 0.839. The third-order valence-electron chi connectivity index (χ3n) is 3.11. The first-order chi connectivity index (χ1) is 9.29. The van der Waals surface area contributed by atoms with Gasteiger partial charge in [-0.1, -0.05) is 27.5 Å². The summed E-state index contributed by atoms with van der Waals surface area (Å²) in [5.74, 6) is -0.0659. The minimum absolute atomic E-state index is 0.0882. The lowest BCUT2D eigenvalue weighted by Gasteiger charge is -2.19. The van der Waals surface area contributed by atoms with E-state index in [4.69, 9.17) is 11.6 Å². The van der Waals surface area contributed by atoms with Crippen molar-refractivity contribution in [1.29, 1.82) is 0 Å². The van der Waals surface area contributed by atoms with Crippen molar-refractivity contribution in [3.63, 3.8) is 0 Å². The fourth-order valence-corrected chi connectivity index (χ4v) is 2.37. The molecule has 0 bridgehead atoms. The van der Waals surface area contributed by atoms with Crippen LogP contribution in [0.4, 0.5) is 11.4 Å². The van der Waals surface area contributed by atoms with Crippen LogP contribution in [0.2, 0.25) is 5.02 Å². The second kappa shape index (κ2) is 5.74. The predicted molar refractivity (Wildman–Crippen MR) is 84.7 cm³/mol. The van der Waals surface area contributed by atoms with Crippen molar-refractivity contribution in [2.45, 2.75) is 31.0 Å². The zero-order valence-corrected chi connectivity index (χ0v) is 13.7. The molecule has 0 unspecified atom stereocenters. The molecule has 2 rings (SSSR count). The number of alkyl halides is 1. The second-order valence-electron chi connectivity index (χ2n) is 5.24. The van der Waals surface area contributed by atoms with Gasteiger partial charge in [0.2, 0.25) is 11.8 Å². The Balaban J connectivity index is 2.18. The first-order valence-electron chi connectivity index (χ1n) is 6.39. The molecule has 0 aromatic heterocycles. The first-order valence-corrected chi connectivity index (χ1v) is 7.56. The normalized spacial score (nSPS) is 15.6. The average molecular weight is 360 g/mol. The molecule has 2 amide bonds. The van der Waals surface area contributed by atoms with Crippen molar-refractivity contribution in [1.82, 2.24) is 0 Å². The number of hydrogen-bond donors (Lipinski definition) is 1. The summed E-state index contributed by atoms with van der Waals surface area (Å²) in [6.45, 7) is 4.22. The third-order valence-corrected chi connectivity index (χ3v) is 3.77. The summed E-state index contributed by atoms with van der Waals surface area (Å²) in [6, 6.07) is 5.19. The minimum atomic E-state index is -0.650. The molecule has 1 fully saturated rings. The molecular formula is C14H16BrClN2O2. The van der Waals surface area contributed by atoms with Crippen LogP contribution in [0.1, 0.15) is 26.7 Å². The summed E-state index contributed by atoms with van der Waals surface area (Å²) < 4.78 is -0.650. The zero-order valence-electron chi connectivity index (χ0n) is 11.4. The Morgan fingerprint density at radius 3 is 2.65 bits per heavy atom. The summed E-state index contributed by atoms with van der Waals surface area (Å²) >= 11 is 9.51. The van der Waals surface area contributed by atoms with Crippen LogP contribution in [0.15, 0.2) is 18.2 Å². The van der Waals surface area contributed by atoms with Crippen molar-refractivity contribution in [2.24, 2.45) is 0 Å². The van der Waals surface area contributed by atoms with Crippen LogP contribution >= 0.6 is 27.5 Å². The molecule has 1 aliphatic rings. The number of halogens is 2. The Morgan fingerprint density at radius 1 is 1.45 bits per heavy atom. The predicted octanol–water partition coefficient (Wildman–Crippen LogP) is 3.58. The van der Waals surface area contributed by atoms with E-state index < -0.39 is 4.32 Å². The fraction of sp³-hybridized carbons (Fsp3) is 0.429. The van der Waals surface area contributed by atoms with E-state index >= 15 is 0 Å². The van der Waals surface area contributed by atoms with Gasteiger partial charge in [-0.15, -0.1) is 0 Å². The maximum absolute atomic E-state index is 11.9. The van der Waals surface area contributed by atoms with Gasteiger partial charge in [-0.05, 0) is 38.5 Å². The largest absolute Gasteiger partial charge is 0.325 e. The highest BCUT2D eigenvalue weighted by Gasteiger charge is 2.25. The van der Waals surface area contributed by atoms with Crippen LogP contribution < -0.4 is 10.2 Å². The van der Waals surface area contributed by atoms with Crippen LogP contribution in [-0.4, -0.2) is 22.7 Å². The number of rotatable bonds is 3. The number of hydrogen-bond acceptors (Lipinski definition) is 2. The molecule has 0 spiro atoms. The maximum atomic E-state index is 11.9. The zero-order chi connectivity index (χ0) is 14.9. The van der Waals surface area contributed by atoms with Gasteiger partial charge in [-0.25, -0.2) is 0 Å². The van der Waals surface area contributed by atoms with Gasteiger partial charge in [0.25, 0.3) is 0 Å². The van der Waals surface area contributed by atoms with Crippen LogP contribution in [0.25, 0.3) is 0 Å². The number of carbonyl (C=O) groups excluding carboxylic acids is 2. The molecule has 1 N–H and O–H groups in total. The highest BCUT2D eigenvalue weighted by molar-refractivity contribution is 9.10. The number of anilines is 2. The van der Waals surface area contributed by atoms with E-state index in [2.05, 4.69) is 21.2 Å². The van der Waals surface area contributed by atoms with Gasteiger partial charge >= 0.3 is 0 Å². The van der Waals surface area contributed by atoms with Crippen molar-refractivity contribution in [2.75, 3.05) is 16.8 Å². The van der Waals surface area contributed by atoms with Crippen LogP contribution in [0, 0.1) is 0 Å². The third kappa shape index (κ3) is 3.33. The van der Waals surface area contributed by atoms with Crippen LogP contribution in [0.3, 0.4) is 0 Å². The molecule has 0 saturated carbocycles. The topological polar surface area (TPSA) is 49.4 Å². The summed E-state index contributed by atoms with van der Waals surface area (Å²) in [5, 5.41) is 3.24. The average Bonchev–Trinajstić information content (AvgIpc) is 2.74. The standard InChI is InChI=1S/C14H16BrClN2O2/c1-14(2,15)13(20)17-9-5-6-11(10(16)8-9)18-7-3-4-12(18)19/h5-6,8H,3-4,7H2,1-2H3,(H,17,20). The molecule has 6 heteroatoms. The van der Waals surface area contributed by atoms with Crippen molar-refractivity contribution in [3.8, 4) is 0 Å². The van der Waals surface area contributed by atoms with E-state index in [0.29, 0.717) is 29.4 Å². The van der Waals surface area contributed by atoms with E-state index in [1.54, 1.807) is 36.9 Å². The van der Waals surface area contributed by atoms with Crippen molar-refractivity contribution < 1.29 is 9.59 Å². The Hall–Kier alpha value is -1.07. The van der Waals surface area contributed by atoms with Crippen molar-refractivity contribution in [3.05, 3.63) is 23.2 Å². The molecule has 0 aliphatic carbocycles. The lowest BCUT2D eigenvalue weighted by Crippen LogP contribution is -2.31. The molecule has 1 saturated heterocycles. The fourth-order valence-electron chi connectivity index (χ4n) is 1.99. The summed E-state index contributed by atoms with van der Waals surface area (Å²) in [6.07, 6.45) is 1.41. The smallest absolute Gasteiger partial charge is 0.240 e. The number of nitrogens with zero attached hydrogens (tertiary/aromatic N) is 1. The van der Waals surface area contributed by atoms with Crippen molar-refractivity contribution >= 4 is 50.7 Å². The number of nitrogens with one attached hydrogen (secondary N) is 1. The van der Waals surface area contributed by atoms with E-state index in [-0.39, 0.29) is 11.8 Å². The molecule has 1 aromatic rings. The summed E-state index contributed by atoms with van der Waals surface area (Å²) in [7, 11) is 0. The minimum Gasteiger partial charge on any atom is -0.325 e. The Morgan fingerprint density at radius 2 is 2.15 bits per heavy atom. The SMILES string of the molecule is CC(C)(Br)C(=O)Nc1ccc(N2CCCC2=O)c(Cl)c1. The molecule has 108 valence electrons. The molecule has 1 aliphatic heterocycles. The molecule has 20 heavy (non-hydrogen) atoms. The van der Waals surface area contributed by atoms with Gasteiger partial charge in [0, 0.05) is 18.7 Å². The van der Waals surface area contributed by atoms with Gasteiger partial charge in [-0.3, -0.25) is 9.59 Å². The Labute approximate surface area is 131 Å². The van der Waals surface area contributed by atoms with Gasteiger partial charge in [0.15, 0.2) is 0 Å². The molecule has 1 heterocycles.